The fraction of sp³-hybridized carbons (Fsp3) is 0.500. The first kappa shape index (κ1) is 12.0. The Morgan fingerprint density at radius 2 is 1.88 bits per heavy atom. The molecule has 1 aromatic rings. The Labute approximate surface area is 103 Å². The molecule has 0 unspecified atom stereocenters. The molecule has 17 heavy (non-hydrogen) atoms. The van der Waals surface area contributed by atoms with Crippen molar-refractivity contribution in [3.63, 3.8) is 0 Å². The number of carbonyl (C=O) groups is 1. The number of amides is 2. The third-order valence-corrected chi connectivity index (χ3v) is 3.31. The number of aryl methyl sites for hydroxylation is 2. The van der Waals surface area contributed by atoms with E-state index in [9.17, 15) is 4.79 Å². The minimum atomic E-state index is 0.0480. The van der Waals surface area contributed by atoms with Crippen LogP contribution in [-0.2, 0) is 12.8 Å². The Morgan fingerprint density at radius 1 is 1.24 bits per heavy atom. The zero-order valence-electron chi connectivity index (χ0n) is 10.6. The molecule has 0 radical (unpaired) electrons. The van der Waals surface area contributed by atoms with Crippen LogP contribution in [0.3, 0.4) is 0 Å². The highest BCUT2D eigenvalue weighted by Crippen LogP contribution is 2.28. The van der Waals surface area contributed by atoms with E-state index in [1.54, 1.807) is 0 Å². The van der Waals surface area contributed by atoms with E-state index in [2.05, 4.69) is 37.4 Å². The number of hydrogen-bond donors (Lipinski definition) is 1. The average molecular weight is 232 g/mol. The summed E-state index contributed by atoms with van der Waals surface area (Å²) in [6.07, 6.45) is 2.95. The number of benzene rings is 1. The molecule has 92 valence electrons. The fourth-order valence-electron chi connectivity index (χ4n) is 2.40. The lowest BCUT2D eigenvalue weighted by Gasteiger charge is -2.31. The van der Waals surface area contributed by atoms with Crippen LogP contribution in [-0.4, -0.2) is 19.1 Å². The van der Waals surface area contributed by atoms with Gasteiger partial charge in [-0.1, -0.05) is 32.0 Å². The molecule has 1 saturated heterocycles. The lowest BCUT2D eigenvalue weighted by molar-refractivity contribution is 0.242. The van der Waals surface area contributed by atoms with Gasteiger partial charge in [-0.05, 0) is 30.4 Å². The van der Waals surface area contributed by atoms with Crippen LogP contribution in [0.2, 0.25) is 0 Å². The van der Waals surface area contributed by atoms with Crippen molar-refractivity contribution in [1.82, 2.24) is 5.32 Å². The number of nitrogens with one attached hydrogen (secondary N) is 1. The van der Waals surface area contributed by atoms with E-state index < -0.39 is 0 Å². The first-order valence-corrected chi connectivity index (χ1v) is 6.44. The Kier molecular flexibility index (Phi) is 3.67. The SMILES string of the molecule is CCc1cccc(CC)c1N1CCCNC1=O. The predicted octanol–water partition coefficient (Wildman–Crippen LogP) is 2.73. The lowest BCUT2D eigenvalue weighted by atomic mass is 10.0. The average Bonchev–Trinajstić information content (AvgIpc) is 2.38. The molecule has 0 spiro atoms. The zero-order valence-corrected chi connectivity index (χ0v) is 10.6. The van der Waals surface area contributed by atoms with E-state index in [1.807, 2.05) is 4.90 Å². The van der Waals surface area contributed by atoms with Crippen molar-refractivity contribution in [2.24, 2.45) is 0 Å². The van der Waals surface area contributed by atoms with Gasteiger partial charge in [0.15, 0.2) is 0 Å². The van der Waals surface area contributed by atoms with E-state index >= 15 is 0 Å². The van der Waals surface area contributed by atoms with Crippen molar-refractivity contribution in [2.45, 2.75) is 33.1 Å². The second-order valence-corrected chi connectivity index (χ2v) is 4.37. The van der Waals surface area contributed by atoms with Crippen molar-refractivity contribution < 1.29 is 4.79 Å². The van der Waals surface area contributed by atoms with Crippen molar-refractivity contribution >= 4 is 11.7 Å². The highest BCUT2D eigenvalue weighted by molar-refractivity contribution is 5.94. The maximum Gasteiger partial charge on any atom is 0.321 e. The minimum absolute atomic E-state index is 0.0480. The van der Waals surface area contributed by atoms with Crippen LogP contribution in [0.1, 0.15) is 31.4 Å². The van der Waals surface area contributed by atoms with Crippen molar-refractivity contribution in [2.75, 3.05) is 18.0 Å². The molecule has 0 saturated carbocycles. The van der Waals surface area contributed by atoms with Gasteiger partial charge in [-0.3, -0.25) is 4.90 Å². The predicted molar refractivity (Wildman–Crippen MR) is 70.6 cm³/mol. The largest absolute Gasteiger partial charge is 0.338 e. The standard InChI is InChI=1S/C14H20N2O/c1-3-11-7-5-8-12(4-2)13(11)16-10-6-9-15-14(16)17/h5,7-8H,3-4,6,9-10H2,1-2H3,(H,15,17). The Balaban J connectivity index is 2.44. The van der Waals surface area contributed by atoms with E-state index in [0.29, 0.717) is 0 Å². The van der Waals surface area contributed by atoms with E-state index in [0.717, 1.165) is 38.0 Å². The van der Waals surface area contributed by atoms with E-state index in [1.165, 1.54) is 11.1 Å². The second kappa shape index (κ2) is 5.21. The van der Waals surface area contributed by atoms with Crippen LogP contribution in [0.15, 0.2) is 18.2 Å². The summed E-state index contributed by atoms with van der Waals surface area (Å²) in [5.41, 5.74) is 3.66. The fourth-order valence-corrected chi connectivity index (χ4v) is 2.40. The number of rotatable bonds is 3. The molecule has 2 amide bonds. The van der Waals surface area contributed by atoms with Gasteiger partial charge in [-0.25, -0.2) is 4.79 Å². The summed E-state index contributed by atoms with van der Waals surface area (Å²) in [5.74, 6) is 0. The monoisotopic (exact) mass is 232 g/mol. The molecule has 2 rings (SSSR count). The van der Waals surface area contributed by atoms with Gasteiger partial charge >= 0.3 is 6.03 Å². The topological polar surface area (TPSA) is 32.3 Å². The van der Waals surface area contributed by atoms with E-state index in [-0.39, 0.29) is 6.03 Å². The maximum absolute atomic E-state index is 11.9. The molecular weight excluding hydrogens is 212 g/mol. The smallest absolute Gasteiger partial charge is 0.321 e. The summed E-state index contributed by atoms with van der Waals surface area (Å²) in [6.45, 7) is 5.90. The quantitative estimate of drug-likeness (QED) is 0.854. The summed E-state index contributed by atoms with van der Waals surface area (Å²) in [7, 11) is 0. The molecule has 3 nitrogen and oxygen atoms in total. The third-order valence-electron chi connectivity index (χ3n) is 3.31. The number of anilines is 1. The van der Waals surface area contributed by atoms with Crippen molar-refractivity contribution in [3.05, 3.63) is 29.3 Å². The third kappa shape index (κ3) is 2.28. The molecular formula is C14H20N2O. The van der Waals surface area contributed by atoms with Gasteiger partial charge in [0.1, 0.15) is 0 Å². The van der Waals surface area contributed by atoms with Crippen LogP contribution in [0.5, 0.6) is 0 Å². The highest BCUT2D eigenvalue weighted by atomic mass is 16.2. The highest BCUT2D eigenvalue weighted by Gasteiger charge is 2.22. The van der Waals surface area contributed by atoms with Gasteiger partial charge in [0.05, 0.1) is 5.69 Å². The summed E-state index contributed by atoms with van der Waals surface area (Å²) in [6, 6.07) is 6.38. The van der Waals surface area contributed by atoms with Gasteiger partial charge in [0.2, 0.25) is 0 Å². The summed E-state index contributed by atoms with van der Waals surface area (Å²) in [5, 5.41) is 2.92. The number of nitrogens with zero attached hydrogens (tertiary/aromatic N) is 1. The van der Waals surface area contributed by atoms with Crippen LogP contribution >= 0.6 is 0 Å². The summed E-state index contributed by atoms with van der Waals surface area (Å²) >= 11 is 0. The Hall–Kier alpha value is -1.51. The molecule has 0 atom stereocenters. The van der Waals surface area contributed by atoms with Gasteiger partial charge in [-0.2, -0.15) is 0 Å². The molecule has 0 aromatic heterocycles. The van der Waals surface area contributed by atoms with Crippen LogP contribution in [0.4, 0.5) is 10.5 Å². The first-order valence-electron chi connectivity index (χ1n) is 6.44. The molecule has 0 aliphatic carbocycles. The molecule has 1 aliphatic rings. The number of carbonyl (C=O) groups excluding carboxylic acids is 1. The van der Waals surface area contributed by atoms with Crippen LogP contribution < -0.4 is 10.2 Å². The normalized spacial score (nSPS) is 15.9. The van der Waals surface area contributed by atoms with Gasteiger partial charge in [0, 0.05) is 13.1 Å². The van der Waals surface area contributed by atoms with Crippen LogP contribution in [0, 0.1) is 0 Å². The Morgan fingerprint density at radius 3 is 2.41 bits per heavy atom. The first-order chi connectivity index (χ1) is 8.27. The maximum atomic E-state index is 11.9. The molecule has 1 heterocycles. The van der Waals surface area contributed by atoms with Gasteiger partial charge in [0.25, 0.3) is 0 Å². The minimum Gasteiger partial charge on any atom is -0.338 e. The summed E-state index contributed by atoms with van der Waals surface area (Å²) in [4.78, 5) is 13.8. The molecule has 1 aromatic carbocycles. The van der Waals surface area contributed by atoms with Crippen molar-refractivity contribution in [1.29, 1.82) is 0 Å². The second-order valence-electron chi connectivity index (χ2n) is 4.37. The lowest BCUT2D eigenvalue weighted by Crippen LogP contribution is -2.47. The molecule has 0 bridgehead atoms. The number of urea groups is 1. The number of para-hydroxylation sites is 1. The van der Waals surface area contributed by atoms with Crippen LogP contribution in [0.25, 0.3) is 0 Å². The molecule has 1 aliphatic heterocycles. The van der Waals surface area contributed by atoms with Crippen molar-refractivity contribution in [3.8, 4) is 0 Å². The molecule has 3 heteroatoms. The molecule has 1 fully saturated rings. The zero-order chi connectivity index (χ0) is 12.3. The number of hydrogen-bond acceptors (Lipinski definition) is 1. The van der Waals surface area contributed by atoms with E-state index in [4.69, 9.17) is 0 Å². The van der Waals surface area contributed by atoms with Gasteiger partial charge < -0.3 is 5.32 Å². The van der Waals surface area contributed by atoms with Gasteiger partial charge in [-0.15, -0.1) is 0 Å². The Bertz CT molecular complexity index is 392. The molecule has 1 N–H and O–H groups in total. The summed E-state index contributed by atoms with van der Waals surface area (Å²) < 4.78 is 0.